The number of hydrogen-bond acceptors (Lipinski definition) is 3. The van der Waals surface area contributed by atoms with Gasteiger partial charge in [-0.3, -0.25) is 9.36 Å². The maximum absolute atomic E-state index is 14.0. The number of fused-ring (bicyclic) bond motifs is 2. The van der Waals surface area contributed by atoms with E-state index in [1.54, 1.807) is 0 Å². The highest BCUT2D eigenvalue weighted by Crippen LogP contribution is 2.28. The SMILES string of the molecule is O=c1c2ccccc2nc(-c2ccccc2)n1C(Cc1ccccc1)c1nc2ccccc2[nH]1. The molecule has 1 atom stereocenters. The Balaban J connectivity index is 1.65. The lowest BCUT2D eigenvalue weighted by atomic mass is 10.0. The third kappa shape index (κ3) is 3.57. The number of aromatic amines is 1. The highest BCUT2D eigenvalue weighted by atomic mass is 16.1. The van der Waals surface area contributed by atoms with Gasteiger partial charge in [0.05, 0.1) is 21.9 Å². The van der Waals surface area contributed by atoms with Crippen LogP contribution in [0.15, 0.2) is 114 Å². The Kier molecular flexibility index (Phi) is 5.00. The molecule has 0 saturated heterocycles. The van der Waals surface area contributed by atoms with Gasteiger partial charge in [0.15, 0.2) is 0 Å². The standard InChI is InChI=1S/C29H22N4O/c34-29-22-15-7-8-16-23(22)32-28(21-13-5-2-6-14-21)33(29)26(19-20-11-3-1-4-12-20)27-30-24-17-9-10-18-25(24)31-27/h1-18,26H,19H2,(H,30,31). The van der Waals surface area contributed by atoms with E-state index >= 15 is 0 Å². The first-order valence-corrected chi connectivity index (χ1v) is 11.3. The van der Waals surface area contributed by atoms with E-state index in [-0.39, 0.29) is 11.6 Å². The number of rotatable bonds is 5. The molecule has 0 bridgehead atoms. The van der Waals surface area contributed by atoms with E-state index in [9.17, 15) is 4.79 Å². The summed E-state index contributed by atoms with van der Waals surface area (Å²) in [5.41, 5.74) is 4.43. The fourth-order valence-corrected chi connectivity index (χ4v) is 4.50. The molecule has 6 rings (SSSR count). The molecule has 5 nitrogen and oxygen atoms in total. The predicted molar refractivity (Wildman–Crippen MR) is 136 cm³/mol. The summed E-state index contributed by atoms with van der Waals surface area (Å²) in [6.07, 6.45) is 0.598. The molecule has 4 aromatic carbocycles. The van der Waals surface area contributed by atoms with E-state index in [1.807, 2.05) is 102 Å². The molecule has 164 valence electrons. The van der Waals surface area contributed by atoms with Gasteiger partial charge in [0.25, 0.3) is 5.56 Å². The van der Waals surface area contributed by atoms with Gasteiger partial charge >= 0.3 is 0 Å². The van der Waals surface area contributed by atoms with Crippen LogP contribution in [0.2, 0.25) is 0 Å². The molecule has 0 aliphatic rings. The minimum atomic E-state index is -0.366. The summed E-state index contributed by atoms with van der Waals surface area (Å²) < 4.78 is 1.81. The summed E-state index contributed by atoms with van der Waals surface area (Å²) in [6, 6.07) is 35.2. The average molecular weight is 443 g/mol. The van der Waals surface area contributed by atoms with Crippen molar-refractivity contribution in [3.63, 3.8) is 0 Å². The van der Waals surface area contributed by atoms with Crippen LogP contribution in [0.4, 0.5) is 0 Å². The number of hydrogen-bond donors (Lipinski definition) is 1. The molecule has 0 fully saturated rings. The van der Waals surface area contributed by atoms with E-state index in [0.29, 0.717) is 23.1 Å². The fraction of sp³-hybridized carbons (Fsp3) is 0.0690. The molecule has 0 amide bonds. The van der Waals surface area contributed by atoms with Crippen LogP contribution in [0.1, 0.15) is 17.4 Å². The number of nitrogens with zero attached hydrogens (tertiary/aromatic N) is 3. The first kappa shape index (κ1) is 20.1. The molecule has 1 unspecified atom stereocenters. The van der Waals surface area contributed by atoms with Crippen LogP contribution in [-0.4, -0.2) is 19.5 Å². The van der Waals surface area contributed by atoms with Crippen molar-refractivity contribution in [2.75, 3.05) is 0 Å². The largest absolute Gasteiger partial charge is 0.340 e. The molecule has 0 saturated carbocycles. The predicted octanol–water partition coefficient (Wildman–Crippen LogP) is 5.77. The Bertz CT molecular complexity index is 1620. The molecule has 1 N–H and O–H groups in total. The van der Waals surface area contributed by atoms with Crippen LogP contribution in [0.25, 0.3) is 33.3 Å². The molecule has 2 heterocycles. The van der Waals surface area contributed by atoms with Gasteiger partial charge in [0, 0.05) is 12.0 Å². The third-order valence-electron chi connectivity index (χ3n) is 6.15. The second-order valence-corrected chi connectivity index (χ2v) is 8.34. The normalized spacial score (nSPS) is 12.2. The Morgan fingerprint density at radius 2 is 1.35 bits per heavy atom. The van der Waals surface area contributed by atoms with Crippen molar-refractivity contribution < 1.29 is 0 Å². The second kappa shape index (κ2) is 8.45. The van der Waals surface area contributed by atoms with Crippen LogP contribution >= 0.6 is 0 Å². The summed E-state index contributed by atoms with van der Waals surface area (Å²) >= 11 is 0. The number of imidazole rings is 1. The van der Waals surface area contributed by atoms with E-state index in [0.717, 1.165) is 28.0 Å². The Hall–Kier alpha value is -4.51. The van der Waals surface area contributed by atoms with E-state index in [4.69, 9.17) is 9.97 Å². The van der Waals surface area contributed by atoms with Crippen LogP contribution in [0.5, 0.6) is 0 Å². The van der Waals surface area contributed by atoms with E-state index < -0.39 is 0 Å². The zero-order valence-electron chi connectivity index (χ0n) is 18.4. The van der Waals surface area contributed by atoms with Crippen LogP contribution in [0, 0.1) is 0 Å². The van der Waals surface area contributed by atoms with Crippen molar-refractivity contribution in [1.29, 1.82) is 0 Å². The molecule has 0 radical (unpaired) electrons. The number of H-pyrrole nitrogens is 1. The van der Waals surface area contributed by atoms with Crippen molar-refractivity contribution in [2.45, 2.75) is 12.5 Å². The minimum absolute atomic E-state index is 0.0779. The summed E-state index contributed by atoms with van der Waals surface area (Å²) in [5, 5.41) is 0.594. The van der Waals surface area contributed by atoms with Gasteiger partial charge in [-0.15, -0.1) is 0 Å². The molecule has 6 aromatic rings. The smallest absolute Gasteiger partial charge is 0.262 e. The van der Waals surface area contributed by atoms with Crippen LogP contribution in [-0.2, 0) is 6.42 Å². The van der Waals surface area contributed by atoms with Crippen molar-refractivity contribution >= 4 is 21.9 Å². The van der Waals surface area contributed by atoms with Gasteiger partial charge in [-0.05, 0) is 29.8 Å². The number of nitrogens with one attached hydrogen (secondary N) is 1. The summed E-state index contributed by atoms with van der Waals surface area (Å²) in [5.74, 6) is 1.37. The first-order chi connectivity index (χ1) is 16.8. The number of benzene rings is 4. The Labute approximate surface area is 196 Å². The monoisotopic (exact) mass is 442 g/mol. The number of aromatic nitrogens is 4. The van der Waals surface area contributed by atoms with Crippen molar-refractivity contribution in [2.24, 2.45) is 0 Å². The Morgan fingerprint density at radius 1 is 0.706 bits per heavy atom. The first-order valence-electron chi connectivity index (χ1n) is 11.3. The van der Waals surface area contributed by atoms with Crippen molar-refractivity contribution in [3.05, 3.63) is 131 Å². The van der Waals surface area contributed by atoms with Crippen LogP contribution in [0.3, 0.4) is 0 Å². The molecule has 0 aliphatic carbocycles. The molecule has 2 aromatic heterocycles. The lowest BCUT2D eigenvalue weighted by molar-refractivity contribution is 0.540. The van der Waals surface area contributed by atoms with Crippen LogP contribution < -0.4 is 5.56 Å². The summed E-state index contributed by atoms with van der Waals surface area (Å²) in [6.45, 7) is 0. The third-order valence-corrected chi connectivity index (χ3v) is 6.15. The summed E-state index contributed by atoms with van der Waals surface area (Å²) in [7, 11) is 0. The quantitative estimate of drug-likeness (QED) is 0.369. The van der Waals surface area contributed by atoms with Gasteiger partial charge < -0.3 is 4.98 Å². The topological polar surface area (TPSA) is 63.6 Å². The molecule has 0 spiro atoms. The molecular weight excluding hydrogens is 420 g/mol. The minimum Gasteiger partial charge on any atom is -0.340 e. The van der Waals surface area contributed by atoms with Gasteiger partial charge in [0.1, 0.15) is 17.7 Å². The highest BCUT2D eigenvalue weighted by molar-refractivity contribution is 5.80. The molecule has 0 aliphatic heterocycles. The van der Waals surface area contributed by atoms with Gasteiger partial charge in [-0.2, -0.15) is 0 Å². The van der Waals surface area contributed by atoms with E-state index in [2.05, 4.69) is 17.1 Å². The highest BCUT2D eigenvalue weighted by Gasteiger charge is 2.25. The van der Waals surface area contributed by atoms with Gasteiger partial charge in [-0.25, -0.2) is 9.97 Å². The zero-order chi connectivity index (χ0) is 22.9. The Morgan fingerprint density at radius 3 is 2.12 bits per heavy atom. The zero-order valence-corrected chi connectivity index (χ0v) is 18.4. The maximum atomic E-state index is 14.0. The maximum Gasteiger partial charge on any atom is 0.262 e. The molecular formula is C29H22N4O. The molecule has 5 heteroatoms. The van der Waals surface area contributed by atoms with Gasteiger partial charge in [-0.1, -0.05) is 84.9 Å². The number of para-hydroxylation sites is 3. The van der Waals surface area contributed by atoms with Gasteiger partial charge in [0.2, 0.25) is 0 Å². The fourth-order valence-electron chi connectivity index (χ4n) is 4.50. The lowest BCUT2D eigenvalue weighted by Crippen LogP contribution is -2.30. The van der Waals surface area contributed by atoms with Crippen molar-refractivity contribution in [3.8, 4) is 11.4 Å². The summed E-state index contributed by atoms with van der Waals surface area (Å²) in [4.78, 5) is 27.4. The van der Waals surface area contributed by atoms with Crippen molar-refractivity contribution in [1.82, 2.24) is 19.5 Å². The lowest BCUT2D eigenvalue weighted by Gasteiger charge is -2.22. The van der Waals surface area contributed by atoms with E-state index in [1.165, 1.54) is 0 Å². The average Bonchev–Trinajstić information content (AvgIpc) is 3.33. The second-order valence-electron chi connectivity index (χ2n) is 8.34. The molecule has 34 heavy (non-hydrogen) atoms.